The van der Waals surface area contributed by atoms with Gasteiger partial charge in [0.1, 0.15) is 10.9 Å². The van der Waals surface area contributed by atoms with Crippen LogP contribution in [0.1, 0.15) is 22.8 Å². The molecule has 4 nitrogen and oxygen atoms in total. The second-order valence-electron chi connectivity index (χ2n) is 5.74. The predicted molar refractivity (Wildman–Crippen MR) is 100 cm³/mol. The molecule has 5 heteroatoms. The minimum Gasteiger partial charge on any atom is -0.494 e. The summed E-state index contributed by atoms with van der Waals surface area (Å²) in [6.07, 6.45) is 0. The number of benzene rings is 2. The highest BCUT2D eigenvalue weighted by atomic mass is 35.5. The molecule has 0 atom stereocenters. The van der Waals surface area contributed by atoms with Crippen molar-refractivity contribution in [2.75, 3.05) is 13.7 Å². The van der Waals surface area contributed by atoms with Gasteiger partial charge in [0, 0.05) is 30.1 Å². The first-order valence-corrected chi connectivity index (χ1v) is 8.48. The fourth-order valence-electron chi connectivity index (χ4n) is 2.71. The minimum absolute atomic E-state index is 0.0526. The van der Waals surface area contributed by atoms with Crippen LogP contribution in [-0.4, -0.2) is 29.4 Å². The van der Waals surface area contributed by atoms with Crippen molar-refractivity contribution in [2.24, 2.45) is 0 Å². The lowest BCUT2D eigenvalue weighted by molar-refractivity contribution is 0.0784. The van der Waals surface area contributed by atoms with E-state index in [9.17, 15) is 4.79 Å². The molecule has 1 heterocycles. The van der Waals surface area contributed by atoms with Crippen LogP contribution >= 0.6 is 11.6 Å². The summed E-state index contributed by atoms with van der Waals surface area (Å²) in [6, 6.07) is 16.8. The monoisotopic (exact) mass is 354 g/mol. The number of carbonyl (C=O) groups is 1. The molecule has 2 aromatic carbocycles. The molecule has 1 amide bonds. The van der Waals surface area contributed by atoms with Crippen LogP contribution in [0.3, 0.4) is 0 Å². The number of para-hydroxylation sites is 1. The van der Waals surface area contributed by atoms with Crippen molar-refractivity contribution < 1.29 is 9.53 Å². The molecule has 3 rings (SSSR count). The molecule has 0 fully saturated rings. The van der Waals surface area contributed by atoms with Gasteiger partial charge in [0.05, 0.1) is 12.1 Å². The largest absolute Gasteiger partial charge is 0.494 e. The summed E-state index contributed by atoms with van der Waals surface area (Å²) in [5.74, 6) is 0.755. The average Bonchev–Trinajstić information content (AvgIpc) is 2.62. The van der Waals surface area contributed by atoms with Gasteiger partial charge < -0.3 is 9.64 Å². The fraction of sp³-hybridized carbons (Fsp3) is 0.200. The highest BCUT2D eigenvalue weighted by Crippen LogP contribution is 2.21. The van der Waals surface area contributed by atoms with Crippen molar-refractivity contribution in [1.29, 1.82) is 0 Å². The third-order valence-corrected chi connectivity index (χ3v) is 4.14. The maximum absolute atomic E-state index is 12.8. The van der Waals surface area contributed by atoms with Crippen LogP contribution in [0.15, 0.2) is 54.6 Å². The summed E-state index contributed by atoms with van der Waals surface area (Å²) in [4.78, 5) is 18.7. The Bertz CT molecular complexity index is 911. The highest BCUT2D eigenvalue weighted by Gasteiger charge is 2.14. The topological polar surface area (TPSA) is 42.4 Å². The molecule has 0 aliphatic rings. The number of hydrogen-bond acceptors (Lipinski definition) is 3. The van der Waals surface area contributed by atoms with Gasteiger partial charge in [0.2, 0.25) is 0 Å². The molecule has 0 bridgehead atoms. The van der Waals surface area contributed by atoms with E-state index in [2.05, 4.69) is 4.98 Å². The van der Waals surface area contributed by atoms with Gasteiger partial charge in [0.25, 0.3) is 5.91 Å². The molecule has 0 radical (unpaired) electrons. The number of aromatic nitrogens is 1. The molecule has 25 heavy (non-hydrogen) atoms. The molecular weight excluding hydrogens is 336 g/mol. The summed E-state index contributed by atoms with van der Waals surface area (Å²) in [6.45, 7) is 3.02. The summed E-state index contributed by atoms with van der Waals surface area (Å²) in [7, 11) is 1.79. The van der Waals surface area contributed by atoms with Gasteiger partial charge in [-0.1, -0.05) is 29.8 Å². The molecule has 128 valence electrons. The molecule has 0 unspecified atom stereocenters. The zero-order chi connectivity index (χ0) is 17.8. The van der Waals surface area contributed by atoms with E-state index in [1.54, 1.807) is 24.1 Å². The van der Waals surface area contributed by atoms with E-state index in [4.69, 9.17) is 16.3 Å². The molecule has 3 aromatic rings. The summed E-state index contributed by atoms with van der Waals surface area (Å²) in [5.41, 5.74) is 2.37. The van der Waals surface area contributed by atoms with Crippen molar-refractivity contribution in [3.63, 3.8) is 0 Å². The van der Waals surface area contributed by atoms with Crippen LogP contribution in [0.5, 0.6) is 5.75 Å². The SMILES string of the molecule is CCOc1ccccc1CN(C)C(=O)c1ccc2nc(Cl)ccc2c1. The molecule has 0 N–H and O–H groups in total. The van der Waals surface area contributed by atoms with Crippen LogP contribution in [-0.2, 0) is 6.54 Å². The van der Waals surface area contributed by atoms with Crippen molar-refractivity contribution in [1.82, 2.24) is 9.88 Å². The van der Waals surface area contributed by atoms with Gasteiger partial charge >= 0.3 is 0 Å². The Morgan fingerprint density at radius 2 is 1.96 bits per heavy atom. The van der Waals surface area contributed by atoms with Gasteiger partial charge in [0.15, 0.2) is 0 Å². The maximum atomic E-state index is 12.8. The molecule has 0 saturated carbocycles. The third kappa shape index (κ3) is 3.91. The Morgan fingerprint density at radius 1 is 1.16 bits per heavy atom. The maximum Gasteiger partial charge on any atom is 0.253 e. The average molecular weight is 355 g/mol. The second-order valence-corrected chi connectivity index (χ2v) is 6.13. The van der Waals surface area contributed by atoms with Crippen molar-refractivity contribution in [3.8, 4) is 5.75 Å². The Morgan fingerprint density at radius 3 is 2.76 bits per heavy atom. The van der Waals surface area contributed by atoms with E-state index in [1.165, 1.54) is 0 Å². The van der Waals surface area contributed by atoms with Gasteiger partial charge in [-0.2, -0.15) is 0 Å². The Labute approximate surface area is 152 Å². The van der Waals surface area contributed by atoms with Crippen LogP contribution in [0.25, 0.3) is 10.9 Å². The number of fused-ring (bicyclic) bond motifs is 1. The summed E-state index contributed by atoms with van der Waals surface area (Å²) in [5, 5.41) is 1.33. The number of pyridine rings is 1. The normalized spacial score (nSPS) is 10.7. The first kappa shape index (κ1) is 17.2. The minimum atomic E-state index is -0.0526. The van der Waals surface area contributed by atoms with Crippen molar-refractivity contribution in [3.05, 3.63) is 70.9 Å². The van der Waals surface area contributed by atoms with Crippen molar-refractivity contribution in [2.45, 2.75) is 13.5 Å². The van der Waals surface area contributed by atoms with Crippen LogP contribution in [0, 0.1) is 0 Å². The number of nitrogens with zero attached hydrogens (tertiary/aromatic N) is 2. The second kappa shape index (κ2) is 7.53. The van der Waals surface area contributed by atoms with Gasteiger partial charge in [-0.05, 0) is 43.3 Å². The van der Waals surface area contributed by atoms with Crippen LogP contribution in [0.2, 0.25) is 5.15 Å². The molecule has 0 saturated heterocycles. The molecule has 0 aliphatic carbocycles. The lowest BCUT2D eigenvalue weighted by atomic mass is 10.1. The molecule has 0 spiro atoms. The number of hydrogen-bond donors (Lipinski definition) is 0. The van der Waals surface area contributed by atoms with Gasteiger partial charge in [-0.3, -0.25) is 4.79 Å². The quantitative estimate of drug-likeness (QED) is 0.631. The molecule has 1 aromatic heterocycles. The molecule has 0 aliphatic heterocycles. The van der Waals surface area contributed by atoms with Gasteiger partial charge in [-0.25, -0.2) is 4.98 Å². The Kier molecular flexibility index (Phi) is 5.19. The number of rotatable bonds is 5. The van der Waals surface area contributed by atoms with E-state index in [-0.39, 0.29) is 5.91 Å². The third-order valence-electron chi connectivity index (χ3n) is 3.93. The Hall–Kier alpha value is -2.59. The highest BCUT2D eigenvalue weighted by molar-refractivity contribution is 6.29. The van der Waals surface area contributed by atoms with Gasteiger partial charge in [-0.15, -0.1) is 0 Å². The zero-order valence-electron chi connectivity index (χ0n) is 14.2. The van der Waals surface area contributed by atoms with E-state index in [1.807, 2.05) is 49.4 Å². The molecular formula is C20H19ClN2O2. The van der Waals surface area contributed by atoms with E-state index in [0.29, 0.717) is 23.9 Å². The standard InChI is InChI=1S/C20H19ClN2O2/c1-3-25-18-7-5-4-6-16(18)13-23(2)20(24)15-8-10-17-14(12-15)9-11-19(21)22-17/h4-12H,3,13H2,1-2H3. The smallest absolute Gasteiger partial charge is 0.253 e. The van der Waals surface area contributed by atoms with Crippen LogP contribution in [0.4, 0.5) is 0 Å². The number of amides is 1. The van der Waals surface area contributed by atoms with Crippen LogP contribution < -0.4 is 4.74 Å². The Balaban J connectivity index is 1.82. The fourth-order valence-corrected chi connectivity index (χ4v) is 2.87. The summed E-state index contributed by atoms with van der Waals surface area (Å²) >= 11 is 5.90. The lowest BCUT2D eigenvalue weighted by Crippen LogP contribution is -2.26. The number of carbonyl (C=O) groups excluding carboxylic acids is 1. The first-order chi connectivity index (χ1) is 12.1. The van der Waals surface area contributed by atoms with E-state index >= 15 is 0 Å². The van der Waals surface area contributed by atoms with E-state index < -0.39 is 0 Å². The number of halogens is 1. The lowest BCUT2D eigenvalue weighted by Gasteiger charge is -2.19. The predicted octanol–water partition coefficient (Wildman–Crippen LogP) is 4.56. The number of ether oxygens (including phenoxy) is 1. The summed E-state index contributed by atoms with van der Waals surface area (Å²) < 4.78 is 5.63. The van der Waals surface area contributed by atoms with Crippen molar-refractivity contribution >= 4 is 28.4 Å². The zero-order valence-corrected chi connectivity index (χ0v) is 15.0. The first-order valence-electron chi connectivity index (χ1n) is 8.11. The van der Waals surface area contributed by atoms with E-state index in [0.717, 1.165) is 22.2 Å².